The maximum absolute atomic E-state index is 12.5. The summed E-state index contributed by atoms with van der Waals surface area (Å²) in [7, 11) is 1.31. The van der Waals surface area contributed by atoms with Gasteiger partial charge in [0.1, 0.15) is 17.4 Å². The second-order valence-corrected chi connectivity index (χ2v) is 9.46. The van der Waals surface area contributed by atoms with Crippen molar-refractivity contribution < 1.29 is 19.1 Å². The number of carbonyl (C=O) groups excluding carboxylic acids is 2. The number of nitrogens with zero attached hydrogens (tertiary/aromatic N) is 3. The smallest absolute Gasteiger partial charge is 0.340 e. The van der Waals surface area contributed by atoms with Gasteiger partial charge in [-0.3, -0.25) is 9.36 Å². The molecule has 0 aliphatic heterocycles. The Morgan fingerprint density at radius 3 is 2.70 bits per heavy atom. The average Bonchev–Trinajstić information content (AvgIpc) is 3.35. The monoisotopic (exact) mass is 486 g/mol. The molecule has 0 bridgehead atoms. The number of hydrogen-bond acceptors (Lipinski definition) is 8. The quantitative estimate of drug-likeness (QED) is 0.255. The molecule has 3 rings (SSSR count). The number of rotatable bonds is 10. The summed E-state index contributed by atoms with van der Waals surface area (Å²) < 4.78 is 12.5. The molecule has 8 nitrogen and oxygen atoms in total. The van der Waals surface area contributed by atoms with Crippen LogP contribution in [0.1, 0.15) is 32.2 Å². The van der Waals surface area contributed by atoms with E-state index in [4.69, 9.17) is 9.47 Å². The Morgan fingerprint density at radius 2 is 2.00 bits per heavy atom. The number of nitrogens with one attached hydrogen (secondary N) is 1. The molecule has 10 heteroatoms. The number of allylic oxidation sites excluding steroid dienone is 1. The number of hydrogen-bond donors (Lipinski definition) is 1. The van der Waals surface area contributed by atoms with E-state index in [1.54, 1.807) is 12.1 Å². The molecule has 0 unspecified atom stereocenters. The number of ether oxygens (including phenoxy) is 2. The summed E-state index contributed by atoms with van der Waals surface area (Å²) in [6.07, 6.45) is 1.74. The number of thioether (sulfide) groups is 1. The summed E-state index contributed by atoms with van der Waals surface area (Å²) in [6, 6.07) is 7.62. The molecule has 174 valence electrons. The van der Waals surface area contributed by atoms with E-state index in [0.29, 0.717) is 28.1 Å². The highest BCUT2D eigenvalue weighted by Crippen LogP contribution is 2.29. The van der Waals surface area contributed by atoms with Crippen molar-refractivity contribution in [1.29, 1.82) is 0 Å². The molecule has 3 aromatic rings. The van der Waals surface area contributed by atoms with Crippen LogP contribution in [-0.4, -0.2) is 39.5 Å². The molecule has 0 saturated heterocycles. The first-order valence-electron chi connectivity index (χ1n) is 10.2. The minimum atomic E-state index is -0.485. The number of esters is 1. The SMILES string of the molecule is C=CCn1c(COc2ccc(C)c(C)c2)nnc1SCC(=O)Nc1sc(C)cc1C(=O)OC. The first kappa shape index (κ1) is 24.5. The predicted molar refractivity (Wildman–Crippen MR) is 130 cm³/mol. The number of benzene rings is 1. The second kappa shape index (κ2) is 11.2. The van der Waals surface area contributed by atoms with Crippen LogP contribution in [0, 0.1) is 20.8 Å². The van der Waals surface area contributed by atoms with E-state index in [-0.39, 0.29) is 18.3 Å². The van der Waals surface area contributed by atoms with Gasteiger partial charge in [-0.05, 0) is 50.1 Å². The topological polar surface area (TPSA) is 95.3 Å². The summed E-state index contributed by atoms with van der Waals surface area (Å²) in [5.74, 6) is 0.755. The fourth-order valence-corrected chi connectivity index (χ4v) is 4.64. The van der Waals surface area contributed by atoms with Gasteiger partial charge in [-0.25, -0.2) is 4.79 Å². The van der Waals surface area contributed by atoms with Crippen LogP contribution < -0.4 is 10.1 Å². The lowest BCUT2D eigenvalue weighted by Gasteiger charge is -2.10. The minimum Gasteiger partial charge on any atom is -0.486 e. The second-order valence-electron chi connectivity index (χ2n) is 7.26. The number of anilines is 1. The zero-order chi connectivity index (χ0) is 24.0. The van der Waals surface area contributed by atoms with E-state index in [2.05, 4.69) is 29.0 Å². The van der Waals surface area contributed by atoms with Gasteiger partial charge in [0.25, 0.3) is 0 Å². The van der Waals surface area contributed by atoms with Crippen molar-refractivity contribution >= 4 is 40.0 Å². The third-order valence-electron chi connectivity index (χ3n) is 4.80. The predicted octanol–water partition coefficient (Wildman–Crippen LogP) is 4.55. The van der Waals surface area contributed by atoms with Crippen molar-refractivity contribution in [3.8, 4) is 5.75 Å². The molecule has 1 amide bonds. The Bertz CT molecular complexity index is 1170. The third kappa shape index (κ3) is 6.23. The van der Waals surface area contributed by atoms with Crippen LogP contribution >= 0.6 is 23.1 Å². The molecule has 0 aliphatic carbocycles. The standard InChI is InChI=1S/C23H26N4O4S2/c1-6-9-27-19(12-31-17-8-7-14(2)15(3)10-17)25-26-23(27)32-13-20(28)24-21-18(22(29)30-5)11-16(4)33-21/h6-8,10-11H,1,9,12-13H2,2-5H3,(H,24,28). The molecule has 2 heterocycles. The third-order valence-corrected chi connectivity index (χ3v) is 6.73. The Hall–Kier alpha value is -3.11. The van der Waals surface area contributed by atoms with Crippen molar-refractivity contribution in [2.75, 3.05) is 18.2 Å². The van der Waals surface area contributed by atoms with Gasteiger partial charge in [0.05, 0.1) is 18.4 Å². The number of aromatic nitrogens is 3. The lowest BCUT2D eigenvalue weighted by Crippen LogP contribution is -2.16. The molecule has 2 aromatic heterocycles. The molecule has 0 fully saturated rings. The molecular formula is C23H26N4O4S2. The van der Waals surface area contributed by atoms with Gasteiger partial charge in [0.2, 0.25) is 5.91 Å². The highest BCUT2D eigenvalue weighted by atomic mass is 32.2. The normalized spacial score (nSPS) is 10.7. The van der Waals surface area contributed by atoms with Crippen LogP contribution in [0.3, 0.4) is 0 Å². The van der Waals surface area contributed by atoms with Gasteiger partial charge in [-0.15, -0.1) is 28.1 Å². The van der Waals surface area contributed by atoms with Crippen LogP contribution in [0.15, 0.2) is 42.1 Å². The van der Waals surface area contributed by atoms with Crippen molar-refractivity contribution in [1.82, 2.24) is 14.8 Å². The molecular weight excluding hydrogens is 460 g/mol. The van der Waals surface area contributed by atoms with Gasteiger partial charge in [-0.1, -0.05) is 23.9 Å². The lowest BCUT2D eigenvalue weighted by atomic mass is 10.1. The molecule has 33 heavy (non-hydrogen) atoms. The lowest BCUT2D eigenvalue weighted by molar-refractivity contribution is -0.113. The summed E-state index contributed by atoms with van der Waals surface area (Å²) in [6.45, 7) is 10.5. The Labute approximate surface area is 201 Å². The summed E-state index contributed by atoms with van der Waals surface area (Å²) in [5, 5.41) is 12.3. The van der Waals surface area contributed by atoms with Gasteiger partial charge < -0.3 is 14.8 Å². The van der Waals surface area contributed by atoms with Crippen LogP contribution in [-0.2, 0) is 22.7 Å². The molecule has 0 radical (unpaired) electrons. The summed E-state index contributed by atoms with van der Waals surface area (Å²) in [5.41, 5.74) is 2.70. The largest absolute Gasteiger partial charge is 0.486 e. The number of methoxy groups -OCH3 is 1. The van der Waals surface area contributed by atoms with Crippen molar-refractivity contribution in [3.63, 3.8) is 0 Å². The summed E-state index contributed by atoms with van der Waals surface area (Å²) >= 11 is 2.58. The van der Waals surface area contributed by atoms with Crippen LogP contribution in [0.4, 0.5) is 5.00 Å². The molecule has 0 saturated carbocycles. The van der Waals surface area contributed by atoms with E-state index in [9.17, 15) is 9.59 Å². The zero-order valence-electron chi connectivity index (χ0n) is 19.0. The highest BCUT2D eigenvalue weighted by molar-refractivity contribution is 7.99. The van der Waals surface area contributed by atoms with Gasteiger partial charge >= 0.3 is 5.97 Å². The maximum atomic E-state index is 12.5. The Morgan fingerprint density at radius 1 is 1.21 bits per heavy atom. The van der Waals surface area contributed by atoms with E-state index in [1.165, 1.54) is 35.8 Å². The highest BCUT2D eigenvalue weighted by Gasteiger charge is 2.19. The molecule has 0 atom stereocenters. The van der Waals surface area contributed by atoms with Crippen LogP contribution in [0.2, 0.25) is 0 Å². The van der Waals surface area contributed by atoms with Crippen molar-refractivity contribution in [3.05, 3.63) is 64.3 Å². The zero-order valence-corrected chi connectivity index (χ0v) is 20.6. The van der Waals surface area contributed by atoms with Crippen molar-refractivity contribution in [2.24, 2.45) is 0 Å². The fourth-order valence-electron chi connectivity index (χ4n) is 2.96. The molecule has 1 aromatic carbocycles. The Balaban J connectivity index is 1.64. The number of thiophene rings is 1. The van der Waals surface area contributed by atoms with E-state index in [0.717, 1.165) is 16.2 Å². The van der Waals surface area contributed by atoms with Crippen molar-refractivity contribution in [2.45, 2.75) is 39.1 Å². The number of amides is 1. The van der Waals surface area contributed by atoms with E-state index in [1.807, 2.05) is 36.6 Å². The molecule has 0 aliphatic rings. The minimum absolute atomic E-state index is 0.102. The van der Waals surface area contributed by atoms with Gasteiger partial charge in [0, 0.05) is 11.4 Å². The van der Waals surface area contributed by atoms with Crippen LogP contribution in [0.25, 0.3) is 0 Å². The molecule has 0 spiro atoms. The number of aryl methyl sites for hydroxylation is 3. The maximum Gasteiger partial charge on any atom is 0.340 e. The van der Waals surface area contributed by atoms with Gasteiger partial charge in [-0.2, -0.15) is 0 Å². The average molecular weight is 487 g/mol. The summed E-state index contributed by atoms with van der Waals surface area (Å²) in [4.78, 5) is 25.3. The van der Waals surface area contributed by atoms with Gasteiger partial charge in [0.15, 0.2) is 11.0 Å². The first-order chi connectivity index (χ1) is 15.8. The van der Waals surface area contributed by atoms with E-state index < -0.39 is 5.97 Å². The fraction of sp³-hybridized carbons (Fsp3) is 0.304. The molecule has 1 N–H and O–H groups in total. The first-order valence-corrected chi connectivity index (χ1v) is 12.0. The van der Waals surface area contributed by atoms with Crippen LogP contribution in [0.5, 0.6) is 5.75 Å². The Kier molecular flexibility index (Phi) is 8.29. The number of carbonyl (C=O) groups is 2. The van der Waals surface area contributed by atoms with E-state index >= 15 is 0 Å².